The minimum atomic E-state index is -0.298. The van der Waals surface area contributed by atoms with Gasteiger partial charge in [-0.2, -0.15) is 0 Å². The maximum absolute atomic E-state index is 12.3. The fraction of sp³-hybridized carbons (Fsp3) is 0.105. The van der Waals surface area contributed by atoms with Crippen LogP contribution in [0.1, 0.15) is 21.6 Å². The first-order valence-electron chi connectivity index (χ1n) is 7.94. The van der Waals surface area contributed by atoms with Crippen LogP contribution in [0.4, 0.5) is 5.82 Å². The number of nitrogens with one attached hydrogen (secondary N) is 2. The highest BCUT2D eigenvalue weighted by Crippen LogP contribution is 2.17. The summed E-state index contributed by atoms with van der Waals surface area (Å²) in [4.78, 5) is 20.5. The van der Waals surface area contributed by atoms with E-state index in [9.17, 15) is 4.79 Å². The van der Waals surface area contributed by atoms with Crippen molar-refractivity contribution in [3.8, 4) is 0 Å². The van der Waals surface area contributed by atoms with Crippen LogP contribution in [0.25, 0.3) is 0 Å². The molecule has 3 aromatic rings. The van der Waals surface area contributed by atoms with E-state index in [0.717, 1.165) is 11.1 Å². The molecule has 1 amide bonds. The van der Waals surface area contributed by atoms with Gasteiger partial charge in [0.1, 0.15) is 17.8 Å². The molecular weight excluding hydrogens is 371 g/mol. The van der Waals surface area contributed by atoms with E-state index in [-0.39, 0.29) is 11.6 Å². The van der Waals surface area contributed by atoms with Crippen molar-refractivity contribution < 1.29 is 4.79 Å². The van der Waals surface area contributed by atoms with Crippen LogP contribution in [-0.2, 0) is 13.1 Å². The largest absolute Gasteiger partial charge is 0.366 e. The zero-order valence-electron chi connectivity index (χ0n) is 13.7. The summed E-state index contributed by atoms with van der Waals surface area (Å²) in [5.41, 5.74) is 2.06. The molecule has 1 aromatic heterocycles. The summed E-state index contributed by atoms with van der Waals surface area (Å²) < 4.78 is 0. The van der Waals surface area contributed by atoms with Crippen LogP contribution in [0, 0.1) is 0 Å². The molecule has 2 aromatic carbocycles. The van der Waals surface area contributed by atoms with Crippen molar-refractivity contribution in [2.75, 3.05) is 5.32 Å². The van der Waals surface area contributed by atoms with E-state index in [2.05, 4.69) is 20.6 Å². The van der Waals surface area contributed by atoms with Crippen LogP contribution in [0.15, 0.2) is 60.9 Å². The Labute approximate surface area is 161 Å². The molecule has 0 atom stereocenters. The highest BCUT2D eigenvalue weighted by Gasteiger charge is 2.10. The molecule has 0 fully saturated rings. The highest BCUT2D eigenvalue weighted by molar-refractivity contribution is 6.31. The third-order valence-electron chi connectivity index (χ3n) is 3.71. The number of amides is 1. The predicted octanol–water partition coefficient (Wildman–Crippen LogP) is 4.33. The Morgan fingerprint density at radius 3 is 2.15 bits per heavy atom. The van der Waals surface area contributed by atoms with Gasteiger partial charge in [0.15, 0.2) is 0 Å². The van der Waals surface area contributed by atoms with Crippen LogP contribution in [-0.4, -0.2) is 15.9 Å². The molecule has 5 nitrogen and oxygen atoms in total. The molecule has 0 aliphatic heterocycles. The van der Waals surface area contributed by atoms with E-state index in [1.54, 1.807) is 12.1 Å². The lowest BCUT2D eigenvalue weighted by atomic mass is 10.2. The van der Waals surface area contributed by atoms with Crippen molar-refractivity contribution in [1.82, 2.24) is 15.3 Å². The molecule has 3 rings (SSSR count). The molecule has 26 heavy (non-hydrogen) atoms. The topological polar surface area (TPSA) is 66.9 Å². The Kier molecular flexibility index (Phi) is 6.04. The third kappa shape index (κ3) is 4.71. The van der Waals surface area contributed by atoms with Crippen molar-refractivity contribution in [1.29, 1.82) is 0 Å². The number of benzene rings is 2. The molecule has 0 saturated carbocycles. The van der Waals surface area contributed by atoms with Gasteiger partial charge in [-0.1, -0.05) is 59.6 Å². The van der Waals surface area contributed by atoms with E-state index in [0.29, 0.717) is 29.0 Å². The predicted molar refractivity (Wildman–Crippen MR) is 103 cm³/mol. The molecular formula is C19H16Cl2N4O. The summed E-state index contributed by atoms with van der Waals surface area (Å²) in [6.45, 7) is 0.822. The SMILES string of the molecule is O=C(NCc1ccccc1Cl)c1cc(NCc2ccccc2Cl)ncn1. The molecule has 0 aliphatic rings. The summed E-state index contributed by atoms with van der Waals surface area (Å²) in [6.07, 6.45) is 1.35. The Balaban J connectivity index is 1.62. The van der Waals surface area contributed by atoms with Gasteiger partial charge < -0.3 is 10.6 Å². The fourth-order valence-corrected chi connectivity index (χ4v) is 2.72. The van der Waals surface area contributed by atoms with Gasteiger partial charge in [-0.05, 0) is 23.3 Å². The smallest absolute Gasteiger partial charge is 0.270 e. The lowest BCUT2D eigenvalue weighted by Gasteiger charge is -2.09. The van der Waals surface area contributed by atoms with Gasteiger partial charge in [-0.15, -0.1) is 0 Å². The number of nitrogens with zero attached hydrogens (tertiary/aromatic N) is 2. The number of anilines is 1. The molecule has 0 radical (unpaired) electrons. The van der Waals surface area contributed by atoms with E-state index in [1.165, 1.54) is 6.33 Å². The number of carbonyl (C=O) groups excluding carboxylic acids is 1. The number of hydrogen-bond donors (Lipinski definition) is 2. The molecule has 7 heteroatoms. The van der Waals surface area contributed by atoms with Gasteiger partial charge >= 0.3 is 0 Å². The van der Waals surface area contributed by atoms with E-state index >= 15 is 0 Å². The number of rotatable bonds is 6. The first-order valence-corrected chi connectivity index (χ1v) is 8.70. The van der Waals surface area contributed by atoms with Crippen LogP contribution in [0.2, 0.25) is 10.0 Å². The van der Waals surface area contributed by atoms with Crippen molar-refractivity contribution >= 4 is 34.9 Å². The molecule has 2 N–H and O–H groups in total. The lowest BCUT2D eigenvalue weighted by Crippen LogP contribution is -2.24. The second kappa shape index (κ2) is 8.65. The Morgan fingerprint density at radius 1 is 0.885 bits per heavy atom. The minimum Gasteiger partial charge on any atom is -0.366 e. The van der Waals surface area contributed by atoms with Gasteiger partial charge in [0, 0.05) is 29.2 Å². The maximum atomic E-state index is 12.3. The minimum absolute atomic E-state index is 0.272. The first-order chi connectivity index (χ1) is 12.6. The second-order valence-electron chi connectivity index (χ2n) is 5.51. The Morgan fingerprint density at radius 2 is 1.50 bits per heavy atom. The van der Waals surface area contributed by atoms with Crippen LogP contribution in [0.3, 0.4) is 0 Å². The van der Waals surface area contributed by atoms with Crippen molar-refractivity contribution in [3.63, 3.8) is 0 Å². The van der Waals surface area contributed by atoms with Crippen LogP contribution >= 0.6 is 23.2 Å². The monoisotopic (exact) mass is 386 g/mol. The molecule has 1 heterocycles. The average molecular weight is 387 g/mol. The summed E-state index contributed by atoms with van der Waals surface area (Å²) >= 11 is 12.2. The van der Waals surface area contributed by atoms with E-state index < -0.39 is 0 Å². The van der Waals surface area contributed by atoms with Gasteiger partial charge in [0.2, 0.25) is 0 Å². The molecule has 132 valence electrons. The average Bonchev–Trinajstić information content (AvgIpc) is 2.67. The molecule has 0 aliphatic carbocycles. The number of aromatic nitrogens is 2. The van der Waals surface area contributed by atoms with Crippen molar-refractivity contribution in [3.05, 3.63) is 87.8 Å². The molecule has 0 saturated heterocycles. The number of hydrogen-bond acceptors (Lipinski definition) is 4. The third-order valence-corrected chi connectivity index (χ3v) is 4.45. The van der Waals surface area contributed by atoms with Crippen molar-refractivity contribution in [2.45, 2.75) is 13.1 Å². The summed E-state index contributed by atoms with van der Waals surface area (Å²) in [7, 11) is 0. The lowest BCUT2D eigenvalue weighted by molar-refractivity contribution is 0.0946. The quantitative estimate of drug-likeness (QED) is 0.661. The molecule has 0 unspecified atom stereocenters. The summed E-state index contributed by atoms with van der Waals surface area (Å²) in [5, 5.41) is 7.23. The summed E-state index contributed by atoms with van der Waals surface area (Å²) in [5.74, 6) is 0.246. The zero-order chi connectivity index (χ0) is 18.4. The normalized spacial score (nSPS) is 10.4. The van der Waals surface area contributed by atoms with E-state index in [4.69, 9.17) is 23.2 Å². The van der Waals surface area contributed by atoms with E-state index in [1.807, 2.05) is 42.5 Å². The van der Waals surface area contributed by atoms with Crippen LogP contribution < -0.4 is 10.6 Å². The Bertz CT molecular complexity index is 917. The van der Waals surface area contributed by atoms with Crippen LogP contribution in [0.5, 0.6) is 0 Å². The standard InChI is InChI=1S/C19H16Cl2N4O/c20-15-7-3-1-5-13(15)10-22-18-9-17(24-12-25-18)19(26)23-11-14-6-2-4-8-16(14)21/h1-9,12H,10-11H2,(H,23,26)(H,22,24,25). The van der Waals surface area contributed by atoms with Gasteiger partial charge in [-0.25, -0.2) is 9.97 Å². The molecule has 0 bridgehead atoms. The maximum Gasteiger partial charge on any atom is 0.270 e. The Hall–Kier alpha value is -2.63. The van der Waals surface area contributed by atoms with Gasteiger partial charge in [0.25, 0.3) is 5.91 Å². The van der Waals surface area contributed by atoms with Gasteiger partial charge in [-0.3, -0.25) is 4.79 Å². The number of carbonyl (C=O) groups is 1. The van der Waals surface area contributed by atoms with Gasteiger partial charge in [0.05, 0.1) is 0 Å². The van der Waals surface area contributed by atoms with Crippen molar-refractivity contribution in [2.24, 2.45) is 0 Å². The summed E-state index contributed by atoms with van der Waals surface area (Å²) in [6, 6.07) is 16.5. The second-order valence-corrected chi connectivity index (χ2v) is 6.32. The first kappa shape index (κ1) is 18.2. The fourth-order valence-electron chi connectivity index (χ4n) is 2.31. The number of halogens is 2. The highest BCUT2D eigenvalue weighted by atomic mass is 35.5. The zero-order valence-corrected chi connectivity index (χ0v) is 15.3. The molecule has 0 spiro atoms.